The van der Waals surface area contributed by atoms with Crippen molar-refractivity contribution >= 4 is 35.0 Å². The number of methoxy groups -OCH3 is 1. The summed E-state index contributed by atoms with van der Waals surface area (Å²) in [6.45, 7) is 0. The van der Waals surface area contributed by atoms with Crippen molar-refractivity contribution < 1.29 is 4.74 Å². The van der Waals surface area contributed by atoms with Crippen molar-refractivity contribution in [1.82, 2.24) is 9.97 Å². The maximum atomic E-state index is 11.5. The lowest BCUT2D eigenvalue weighted by molar-refractivity contribution is 0.404. The number of thioether (sulfide) groups is 1. The monoisotopic (exact) mass is 316 g/mol. The predicted octanol–water partition coefficient (Wildman–Crippen LogP) is 3.38. The van der Waals surface area contributed by atoms with Crippen LogP contribution in [0.15, 0.2) is 34.3 Å². The molecule has 1 N–H and O–H groups in total. The van der Waals surface area contributed by atoms with Gasteiger partial charge in [-0.25, -0.2) is 4.98 Å². The van der Waals surface area contributed by atoms with Gasteiger partial charge in [-0.15, -0.1) is 0 Å². The van der Waals surface area contributed by atoms with Gasteiger partial charge in [0, 0.05) is 15.8 Å². The van der Waals surface area contributed by atoms with Crippen LogP contribution < -0.4 is 10.3 Å². The minimum Gasteiger partial charge on any atom is -0.490 e. The van der Waals surface area contributed by atoms with Crippen molar-refractivity contribution in [1.29, 1.82) is 0 Å². The molecule has 0 aliphatic carbocycles. The quantitative estimate of drug-likeness (QED) is 0.694. The topological polar surface area (TPSA) is 55.0 Å². The number of ether oxygens (including phenoxy) is 1. The number of nitrogens with zero attached hydrogens (tertiary/aromatic N) is 1. The lowest BCUT2D eigenvalue weighted by atomic mass is 10.2. The highest BCUT2D eigenvalue weighted by molar-refractivity contribution is 7.98. The highest BCUT2D eigenvalue weighted by atomic mass is 35.5. The Bertz CT molecular complexity index is 626. The van der Waals surface area contributed by atoms with E-state index in [1.165, 1.54) is 25.1 Å². The summed E-state index contributed by atoms with van der Waals surface area (Å²) in [5, 5.41) is 1.67. The summed E-state index contributed by atoms with van der Waals surface area (Å²) in [5.41, 5.74) is 0.500. The van der Waals surface area contributed by atoms with Crippen molar-refractivity contribution in [3.63, 3.8) is 0 Å². The van der Waals surface area contributed by atoms with Crippen molar-refractivity contribution in [3.8, 4) is 5.75 Å². The zero-order chi connectivity index (χ0) is 13.8. The molecule has 0 saturated carbocycles. The van der Waals surface area contributed by atoms with Gasteiger partial charge in [0.2, 0.25) is 5.75 Å². The van der Waals surface area contributed by atoms with E-state index >= 15 is 0 Å². The number of benzene rings is 1. The Kier molecular flexibility index (Phi) is 4.74. The van der Waals surface area contributed by atoms with Crippen LogP contribution in [-0.4, -0.2) is 17.1 Å². The summed E-state index contributed by atoms with van der Waals surface area (Å²) in [6, 6.07) is 5.33. The van der Waals surface area contributed by atoms with E-state index in [9.17, 15) is 4.79 Å². The molecular weight excluding hydrogens is 307 g/mol. The van der Waals surface area contributed by atoms with Gasteiger partial charge in [0.25, 0.3) is 5.56 Å². The molecule has 0 fully saturated rings. The van der Waals surface area contributed by atoms with Crippen LogP contribution in [0.3, 0.4) is 0 Å². The number of rotatable bonds is 4. The first-order valence-electron chi connectivity index (χ1n) is 5.31. The standard InChI is InChI=1S/C12H10Cl2N2O2S/c1-18-10-5-15-12(16-11(10)17)19-6-7-8(13)3-2-4-9(7)14/h2-5H,6H2,1H3,(H,15,16,17). The first-order chi connectivity index (χ1) is 9.11. The first kappa shape index (κ1) is 14.2. The van der Waals surface area contributed by atoms with Gasteiger partial charge in [0.1, 0.15) is 0 Å². The number of halogens is 2. The summed E-state index contributed by atoms with van der Waals surface area (Å²) in [6.07, 6.45) is 1.38. The van der Waals surface area contributed by atoms with Crippen molar-refractivity contribution in [3.05, 3.63) is 50.4 Å². The Labute approximate surface area is 124 Å². The molecule has 0 unspecified atom stereocenters. The van der Waals surface area contributed by atoms with Gasteiger partial charge in [-0.05, 0) is 17.7 Å². The lowest BCUT2D eigenvalue weighted by Gasteiger charge is -2.06. The van der Waals surface area contributed by atoms with Gasteiger partial charge in [0.05, 0.1) is 13.3 Å². The molecule has 0 amide bonds. The fourth-order valence-corrected chi connectivity index (χ4v) is 2.97. The third-order valence-corrected chi connectivity index (χ3v) is 4.00. The molecule has 4 nitrogen and oxygen atoms in total. The van der Waals surface area contributed by atoms with Crippen LogP contribution in [0.4, 0.5) is 0 Å². The Hall–Kier alpha value is -1.17. The maximum Gasteiger partial charge on any atom is 0.293 e. The van der Waals surface area contributed by atoms with Crippen LogP contribution in [0.5, 0.6) is 5.75 Å². The van der Waals surface area contributed by atoms with Crippen LogP contribution in [0.25, 0.3) is 0 Å². The molecule has 100 valence electrons. The zero-order valence-electron chi connectivity index (χ0n) is 9.94. The fraction of sp³-hybridized carbons (Fsp3) is 0.167. The summed E-state index contributed by atoms with van der Waals surface area (Å²) in [5.74, 6) is 0.702. The molecule has 1 aromatic carbocycles. The number of hydrogen-bond donors (Lipinski definition) is 1. The Morgan fingerprint density at radius 2 is 2.05 bits per heavy atom. The van der Waals surface area contributed by atoms with E-state index in [0.29, 0.717) is 21.0 Å². The van der Waals surface area contributed by atoms with E-state index < -0.39 is 0 Å². The molecule has 0 atom stereocenters. The predicted molar refractivity (Wildman–Crippen MR) is 77.4 cm³/mol. The van der Waals surface area contributed by atoms with Gasteiger partial charge in [0.15, 0.2) is 5.16 Å². The molecule has 2 aromatic rings. The number of nitrogens with one attached hydrogen (secondary N) is 1. The lowest BCUT2D eigenvalue weighted by Crippen LogP contribution is -2.10. The van der Waals surface area contributed by atoms with E-state index in [-0.39, 0.29) is 11.3 Å². The van der Waals surface area contributed by atoms with Crippen molar-refractivity contribution in [2.24, 2.45) is 0 Å². The largest absolute Gasteiger partial charge is 0.490 e. The van der Waals surface area contributed by atoms with Crippen molar-refractivity contribution in [2.75, 3.05) is 7.11 Å². The average molecular weight is 317 g/mol. The van der Waals surface area contributed by atoms with Gasteiger partial charge < -0.3 is 4.74 Å². The normalized spacial score (nSPS) is 10.5. The Morgan fingerprint density at radius 1 is 1.37 bits per heavy atom. The summed E-state index contributed by atoms with van der Waals surface area (Å²) < 4.78 is 4.84. The van der Waals surface area contributed by atoms with Crippen LogP contribution in [-0.2, 0) is 5.75 Å². The molecule has 0 aliphatic heterocycles. The summed E-state index contributed by atoms with van der Waals surface area (Å²) in [7, 11) is 1.42. The summed E-state index contributed by atoms with van der Waals surface area (Å²) in [4.78, 5) is 18.2. The van der Waals surface area contributed by atoms with Crippen LogP contribution in [0.2, 0.25) is 10.0 Å². The first-order valence-corrected chi connectivity index (χ1v) is 7.05. The molecule has 7 heteroatoms. The van der Waals surface area contributed by atoms with Gasteiger partial charge in [-0.2, -0.15) is 0 Å². The Morgan fingerprint density at radius 3 is 2.63 bits per heavy atom. The minimum absolute atomic E-state index is 0.181. The molecular formula is C12H10Cl2N2O2S. The zero-order valence-corrected chi connectivity index (χ0v) is 12.3. The molecule has 1 aromatic heterocycles. The Balaban J connectivity index is 2.15. The molecule has 2 rings (SSSR count). The second kappa shape index (κ2) is 6.32. The highest BCUT2D eigenvalue weighted by Crippen LogP contribution is 2.29. The van der Waals surface area contributed by atoms with E-state index in [2.05, 4.69) is 9.97 Å². The van der Waals surface area contributed by atoms with Gasteiger partial charge >= 0.3 is 0 Å². The molecule has 1 heterocycles. The minimum atomic E-state index is -0.315. The molecule has 0 saturated heterocycles. The van der Waals surface area contributed by atoms with E-state index in [4.69, 9.17) is 27.9 Å². The number of H-pyrrole nitrogens is 1. The van der Waals surface area contributed by atoms with E-state index in [1.807, 2.05) is 0 Å². The maximum absolute atomic E-state index is 11.5. The van der Waals surface area contributed by atoms with Gasteiger partial charge in [-0.3, -0.25) is 9.78 Å². The fourth-order valence-electron chi connectivity index (χ4n) is 1.40. The number of hydrogen-bond acceptors (Lipinski definition) is 4. The smallest absolute Gasteiger partial charge is 0.293 e. The molecule has 0 radical (unpaired) electrons. The van der Waals surface area contributed by atoms with Gasteiger partial charge in [-0.1, -0.05) is 41.0 Å². The second-order valence-electron chi connectivity index (χ2n) is 3.57. The third kappa shape index (κ3) is 3.43. The third-order valence-electron chi connectivity index (χ3n) is 2.38. The SMILES string of the molecule is COc1cnc(SCc2c(Cl)cccc2Cl)[nH]c1=O. The van der Waals surface area contributed by atoms with E-state index in [0.717, 1.165) is 5.56 Å². The molecule has 0 aliphatic rings. The van der Waals surface area contributed by atoms with E-state index in [1.54, 1.807) is 18.2 Å². The second-order valence-corrected chi connectivity index (χ2v) is 5.35. The van der Waals surface area contributed by atoms with Crippen molar-refractivity contribution in [2.45, 2.75) is 10.9 Å². The molecule has 19 heavy (non-hydrogen) atoms. The van der Waals surface area contributed by atoms with Crippen LogP contribution in [0, 0.1) is 0 Å². The molecule has 0 spiro atoms. The molecule has 0 bridgehead atoms. The number of aromatic nitrogens is 2. The average Bonchev–Trinajstić information content (AvgIpc) is 2.38. The number of aromatic amines is 1. The van der Waals surface area contributed by atoms with Crippen LogP contribution >= 0.6 is 35.0 Å². The highest BCUT2D eigenvalue weighted by Gasteiger charge is 2.08. The summed E-state index contributed by atoms with van der Waals surface area (Å²) >= 11 is 13.5. The van der Waals surface area contributed by atoms with Crippen LogP contribution in [0.1, 0.15) is 5.56 Å².